The van der Waals surface area contributed by atoms with Gasteiger partial charge in [0.25, 0.3) is 0 Å². The Balaban J connectivity index is 2.37. The maximum atomic E-state index is 11.2. The molecule has 0 spiro atoms. The summed E-state index contributed by atoms with van der Waals surface area (Å²) in [5, 5.41) is 3.90. The number of unbranched alkanes of at least 4 members (excludes halogenated alkanes) is 1. The number of carbonyl (C=O) groups is 1. The molecule has 3 heteroatoms. The lowest BCUT2D eigenvalue weighted by Gasteiger charge is -1.98. The van der Waals surface area contributed by atoms with Crippen LogP contribution in [0.5, 0.6) is 0 Å². The second kappa shape index (κ2) is 6.77. The number of amides is 1. The number of benzene rings is 1. The molecule has 0 fully saturated rings. The lowest BCUT2D eigenvalue weighted by Crippen LogP contribution is -2.16. The predicted molar refractivity (Wildman–Crippen MR) is 66.4 cm³/mol. The summed E-state index contributed by atoms with van der Waals surface area (Å²) in [6.07, 6.45) is 4.13. The van der Waals surface area contributed by atoms with Crippen molar-refractivity contribution in [2.75, 3.05) is 0 Å². The van der Waals surface area contributed by atoms with Crippen LogP contribution in [-0.2, 0) is 4.79 Å². The van der Waals surface area contributed by atoms with Crippen molar-refractivity contribution in [3.63, 3.8) is 0 Å². The highest BCUT2D eigenvalue weighted by molar-refractivity contribution is 5.82. The topological polar surface area (TPSA) is 41.5 Å². The minimum absolute atomic E-state index is 0.0230. The molecule has 0 saturated heterocycles. The van der Waals surface area contributed by atoms with Crippen molar-refractivity contribution < 1.29 is 4.79 Å². The lowest BCUT2D eigenvalue weighted by molar-refractivity contribution is -0.121. The van der Waals surface area contributed by atoms with Gasteiger partial charge >= 0.3 is 0 Å². The van der Waals surface area contributed by atoms with Gasteiger partial charge < -0.3 is 0 Å². The van der Waals surface area contributed by atoms with Gasteiger partial charge in [-0.15, -0.1) is 0 Å². The van der Waals surface area contributed by atoms with Gasteiger partial charge in [-0.1, -0.05) is 43.2 Å². The number of hydrogen-bond acceptors (Lipinski definition) is 2. The van der Waals surface area contributed by atoms with Crippen LogP contribution in [0.2, 0.25) is 0 Å². The Morgan fingerprint density at radius 2 is 2.06 bits per heavy atom. The van der Waals surface area contributed by atoms with Crippen LogP contribution in [0, 0.1) is 6.92 Å². The third kappa shape index (κ3) is 4.73. The van der Waals surface area contributed by atoms with E-state index >= 15 is 0 Å². The summed E-state index contributed by atoms with van der Waals surface area (Å²) < 4.78 is 0. The number of rotatable bonds is 5. The molecule has 0 heterocycles. The van der Waals surface area contributed by atoms with Gasteiger partial charge in [-0.05, 0) is 18.9 Å². The molecule has 0 aliphatic heterocycles. The molecule has 0 bridgehead atoms. The molecule has 0 unspecified atom stereocenters. The summed E-state index contributed by atoms with van der Waals surface area (Å²) in [4.78, 5) is 11.2. The van der Waals surface area contributed by atoms with E-state index in [1.165, 1.54) is 5.56 Å². The highest BCUT2D eigenvalue weighted by atomic mass is 16.2. The standard InChI is InChI=1S/C13H18N2O/c1-3-4-5-13(16)15-14-10-12-8-6-11(2)7-9-12/h6-10H,3-5H2,1-2H3,(H,15,16)/b14-10+. The number of nitrogens with one attached hydrogen (secondary N) is 1. The van der Waals surface area contributed by atoms with E-state index < -0.39 is 0 Å². The summed E-state index contributed by atoms with van der Waals surface area (Å²) in [5.74, 6) is -0.0230. The average Bonchev–Trinajstić information content (AvgIpc) is 2.29. The fourth-order valence-electron chi connectivity index (χ4n) is 1.22. The van der Waals surface area contributed by atoms with Gasteiger partial charge in [-0.25, -0.2) is 5.43 Å². The van der Waals surface area contributed by atoms with Crippen LogP contribution < -0.4 is 5.43 Å². The molecule has 1 aromatic carbocycles. The Morgan fingerprint density at radius 3 is 2.69 bits per heavy atom. The molecule has 0 aromatic heterocycles. The second-order valence-corrected chi connectivity index (χ2v) is 3.81. The SMILES string of the molecule is CCCCC(=O)N/N=C/c1ccc(C)cc1. The van der Waals surface area contributed by atoms with Crippen molar-refractivity contribution in [2.45, 2.75) is 33.1 Å². The molecule has 86 valence electrons. The zero-order chi connectivity index (χ0) is 11.8. The molecular weight excluding hydrogens is 200 g/mol. The molecule has 1 aromatic rings. The van der Waals surface area contributed by atoms with Crippen molar-refractivity contribution >= 4 is 12.1 Å². The summed E-state index contributed by atoms with van der Waals surface area (Å²) in [6, 6.07) is 7.97. The van der Waals surface area contributed by atoms with E-state index in [0.29, 0.717) is 6.42 Å². The quantitative estimate of drug-likeness (QED) is 0.599. The zero-order valence-corrected chi connectivity index (χ0v) is 9.86. The second-order valence-electron chi connectivity index (χ2n) is 3.81. The normalized spacial score (nSPS) is 10.6. The van der Waals surface area contributed by atoms with Gasteiger partial charge in [0.2, 0.25) is 5.91 Å². The first-order valence-corrected chi connectivity index (χ1v) is 5.61. The molecule has 3 nitrogen and oxygen atoms in total. The number of aryl methyl sites for hydroxylation is 1. The van der Waals surface area contributed by atoms with Crippen molar-refractivity contribution in [1.82, 2.24) is 5.43 Å². The first kappa shape index (κ1) is 12.4. The first-order valence-electron chi connectivity index (χ1n) is 5.61. The number of hydrazone groups is 1. The molecule has 0 aliphatic carbocycles. The zero-order valence-electron chi connectivity index (χ0n) is 9.86. The molecule has 1 rings (SSSR count). The van der Waals surface area contributed by atoms with Crippen molar-refractivity contribution in [3.8, 4) is 0 Å². The van der Waals surface area contributed by atoms with Crippen LogP contribution in [0.3, 0.4) is 0 Å². The van der Waals surface area contributed by atoms with E-state index in [2.05, 4.69) is 17.5 Å². The molecule has 16 heavy (non-hydrogen) atoms. The van der Waals surface area contributed by atoms with Crippen LogP contribution in [0.15, 0.2) is 29.4 Å². The van der Waals surface area contributed by atoms with Gasteiger partial charge in [-0.3, -0.25) is 4.79 Å². The molecule has 1 amide bonds. The minimum Gasteiger partial charge on any atom is -0.273 e. The van der Waals surface area contributed by atoms with E-state index in [9.17, 15) is 4.79 Å². The Hall–Kier alpha value is -1.64. The van der Waals surface area contributed by atoms with E-state index in [1.807, 2.05) is 31.2 Å². The molecule has 0 radical (unpaired) electrons. The van der Waals surface area contributed by atoms with E-state index in [1.54, 1.807) is 6.21 Å². The number of hydrogen-bond donors (Lipinski definition) is 1. The van der Waals surface area contributed by atoms with Gasteiger partial charge in [0.15, 0.2) is 0 Å². The van der Waals surface area contributed by atoms with E-state index in [0.717, 1.165) is 18.4 Å². The molecule has 0 aliphatic rings. The van der Waals surface area contributed by atoms with E-state index in [4.69, 9.17) is 0 Å². The van der Waals surface area contributed by atoms with Gasteiger partial charge in [-0.2, -0.15) is 5.10 Å². The summed E-state index contributed by atoms with van der Waals surface area (Å²) in [6.45, 7) is 4.09. The summed E-state index contributed by atoms with van der Waals surface area (Å²) in [7, 11) is 0. The van der Waals surface area contributed by atoms with Crippen LogP contribution in [0.1, 0.15) is 37.3 Å². The van der Waals surface area contributed by atoms with Crippen LogP contribution in [0.25, 0.3) is 0 Å². The predicted octanol–water partition coefficient (Wildman–Crippen LogP) is 2.64. The molecular formula is C13H18N2O. The third-order valence-corrected chi connectivity index (χ3v) is 2.24. The lowest BCUT2D eigenvalue weighted by atomic mass is 10.2. The highest BCUT2D eigenvalue weighted by Crippen LogP contribution is 2.00. The largest absolute Gasteiger partial charge is 0.273 e. The fraction of sp³-hybridized carbons (Fsp3) is 0.385. The smallest absolute Gasteiger partial charge is 0.240 e. The monoisotopic (exact) mass is 218 g/mol. The van der Waals surface area contributed by atoms with E-state index in [-0.39, 0.29) is 5.91 Å². The van der Waals surface area contributed by atoms with Gasteiger partial charge in [0, 0.05) is 6.42 Å². The van der Waals surface area contributed by atoms with Crippen molar-refractivity contribution in [2.24, 2.45) is 5.10 Å². The maximum absolute atomic E-state index is 11.2. The average molecular weight is 218 g/mol. The van der Waals surface area contributed by atoms with Crippen LogP contribution >= 0.6 is 0 Å². The Bertz CT molecular complexity index is 355. The van der Waals surface area contributed by atoms with Crippen LogP contribution in [0.4, 0.5) is 0 Å². The Kier molecular flexibility index (Phi) is 5.26. The van der Waals surface area contributed by atoms with Crippen molar-refractivity contribution in [1.29, 1.82) is 0 Å². The molecule has 1 N–H and O–H groups in total. The van der Waals surface area contributed by atoms with Gasteiger partial charge in [0.05, 0.1) is 6.21 Å². The Labute approximate surface area is 96.6 Å². The highest BCUT2D eigenvalue weighted by Gasteiger charge is 1.96. The number of carbonyl (C=O) groups excluding carboxylic acids is 1. The molecule has 0 saturated carbocycles. The Morgan fingerprint density at radius 1 is 1.38 bits per heavy atom. The van der Waals surface area contributed by atoms with Crippen molar-refractivity contribution in [3.05, 3.63) is 35.4 Å². The third-order valence-electron chi connectivity index (χ3n) is 2.24. The summed E-state index contributed by atoms with van der Waals surface area (Å²) in [5.41, 5.74) is 4.71. The van der Waals surface area contributed by atoms with Gasteiger partial charge in [0.1, 0.15) is 0 Å². The van der Waals surface area contributed by atoms with Crippen LogP contribution in [-0.4, -0.2) is 12.1 Å². The minimum atomic E-state index is -0.0230. The fourth-order valence-corrected chi connectivity index (χ4v) is 1.22. The maximum Gasteiger partial charge on any atom is 0.240 e. The first-order chi connectivity index (χ1) is 7.72. The summed E-state index contributed by atoms with van der Waals surface area (Å²) >= 11 is 0. The number of nitrogens with zero attached hydrogens (tertiary/aromatic N) is 1. The molecule has 0 atom stereocenters.